The molecule has 4 rings (SSSR count). The molecule has 27 heavy (non-hydrogen) atoms. The fraction of sp³-hybridized carbons (Fsp3) is 0.294. The fourth-order valence-corrected chi connectivity index (χ4v) is 3.87. The predicted molar refractivity (Wildman–Crippen MR) is 96.3 cm³/mol. The molecule has 0 amide bonds. The third-order valence-electron chi connectivity index (χ3n) is 4.11. The van der Waals surface area contributed by atoms with Gasteiger partial charge in [0.2, 0.25) is 0 Å². The molecule has 9 nitrogen and oxygen atoms in total. The quantitative estimate of drug-likeness (QED) is 0.358. The van der Waals surface area contributed by atoms with E-state index in [1.165, 1.54) is 23.9 Å². The van der Waals surface area contributed by atoms with Crippen molar-refractivity contribution in [2.75, 3.05) is 6.79 Å². The molecule has 1 aliphatic rings. The van der Waals surface area contributed by atoms with Crippen LogP contribution in [0, 0.1) is 10.1 Å². The first-order valence-electron chi connectivity index (χ1n) is 8.28. The van der Waals surface area contributed by atoms with Crippen molar-refractivity contribution in [3.05, 3.63) is 51.8 Å². The van der Waals surface area contributed by atoms with Crippen molar-refractivity contribution < 1.29 is 18.8 Å². The van der Waals surface area contributed by atoms with Crippen LogP contribution in [0.25, 0.3) is 11.6 Å². The number of furan rings is 1. The molecule has 0 saturated heterocycles. The Bertz CT molecular complexity index is 970. The number of rotatable bonds is 6. The van der Waals surface area contributed by atoms with E-state index in [1.54, 1.807) is 12.3 Å². The fourth-order valence-electron chi connectivity index (χ4n) is 2.90. The van der Waals surface area contributed by atoms with E-state index in [-0.39, 0.29) is 12.5 Å². The number of hydrogen-bond acceptors (Lipinski definition) is 8. The number of hydrogen-bond donors (Lipinski definition) is 0. The van der Waals surface area contributed by atoms with Gasteiger partial charge in [-0.3, -0.25) is 14.7 Å². The van der Waals surface area contributed by atoms with E-state index in [9.17, 15) is 10.1 Å². The van der Waals surface area contributed by atoms with Crippen molar-refractivity contribution in [2.24, 2.45) is 0 Å². The van der Waals surface area contributed by atoms with Crippen LogP contribution in [0.1, 0.15) is 18.1 Å². The van der Waals surface area contributed by atoms with E-state index in [0.717, 1.165) is 5.56 Å². The van der Waals surface area contributed by atoms with Gasteiger partial charge in [0.15, 0.2) is 23.5 Å². The van der Waals surface area contributed by atoms with E-state index >= 15 is 0 Å². The number of non-ortho nitro benzene ring substituents is 1. The van der Waals surface area contributed by atoms with Gasteiger partial charge in [-0.05, 0) is 19.1 Å². The summed E-state index contributed by atoms with van der Waals surface area (Å²) in [6, 6.07) is 6.66. The van der Waals surface area contributed by atoms with Gasteiger partial charge in [0.05, 0.1) is 17.8 Å². The molecule has 2 aromatic heterocycles. The molecule has 0 saturated carbocycles. The van der Waals surface area contributed by atoms with Gasteiger partial charge in [-0.25, -0.2) is 0 Å². The van der Waals surface area contributed by atoms with Crippen molar-refractivity contribution in [3.8, 4) is 17.3 Å². The molecule has 10 heteroatoms. The molecule has 0 N–H and O–H groups in total. The number of ether oxygens (including phenoxy) is 2. The third kappa shape index (κ3) is 3.40. The summed E-state index contributed by atoms with van der Waals surface area (Å²) in [6.45, 7) is 3.09. The average Bonchev–Trinajstić information content (AvgIpc) is 3.34. The molecular formula is C17H16N4O5S. The van der Waals surface area contributed by atoms with Gasteiger partial charge >= 0.3 is 0 Å². The Balaban J connectivity index is 1.62. The van der Waals surface area contributed by atoms with Gasteiger partial charge < -0.3 is 13.9 Å². The SMILES string of the molecule is CCn1c(SCc2cc([N+](=O)[O-])cc3c2OCOC3)nnc1-c1ccco1. The van der Waals surface area contributed by atoms with Crippen LogP contribution in [-0.4, -0.2) is 26.5 Å². The highest BCUT2D eigenvalue weighted by Gasteiger charge is 2.22. The normalized spacial score (nSPS) is 13.2. The Hall–Kier alpha value is -2.85. The predicted octanol–water partition coefficient (Wildman–Crippen LogP) is 3.63. The van der Waals surface area contributed by atoms with Crippen molar-refractivity contribution in [1.82, 2.24) is 14.8 Å². The van der Waals surface area contributed by atoms with E-state index in [2.05, 4.69) is 10.2 Å². The first kappa shape index (κ1) is 17.6. The lowest BCUT2D eigenvalue weighted by molar-refractivity contribution is -0.385. The molecule has 0 atom stereocenters. The van der Waals surface area contributed by atoms with Gasteiger partial charge in [0.25, 0.3) is 5.69 Å². The summed E-state index contributed by atoms with van der Waals surface area (Å²) in [5.74, 6) is 2.40. The van der Waals surface area contributed by atoms with Crippen LogP contribution >= 0.6 is 11.8 Å². The van der Waals surface area contributed by atoms with Crippen LogP contribution in [0.2, 0.25) is 0 Å². The second-order valence-corrected chi connectivity index (χ2v) is 6.72. The largest absolute Gasteiger partial charge is 0.467 e. The molecule has 0 unspecified atom stereocenters. The van der Waals surface area contributed by atoms with Crippen LogP contribution in [0.15, 0.2) is 40.1 Å². The Morgan fingerprint density at radius 3 is 3.00 bits per heavy atom. The molecular weight excluding hydrogens is 372 g/mol. The number of benzene rings is 1. The maximum Gasteiger partial charge on any atom is 0.270 e. The Labute approximate surface area is 158 Å². The first-order valence-corrected chi connectivity index (χ1v) is 9.26. The number of nitrogens with zero attached hydrogens (tertiary/aromatic N) is 4. The topological polar surface area (TPSA) is 105 Å². The maximum absolute atomic E-state index is 11.2. The number of nitro groups is 1. The van der Waals surface area contributed by atoms with E-state index < -0.39 is 4.92 Å². The zero-order valence-electron chi connectivity index (χ0n) is 14.5. The smallest absolute Gasteiger partial charge is 0.270 e. The lowest BCUT2D eigenvalue weighted by Gasteiger charge is -2.20. The van der Waals surface area contributed by atoms with Crippen LogP contribution in [0.5, 0.6) is 5.75 Å². The third-order valence-corrected chi connectivity index (χ3v) is 5.13. The highest BCUT2D eigenvalue weighted by Crippen LogP contribution is 2.36. The highest BCUT2D eigenvalue weighted by atomic mass is 32.2. The van der Waals surface area contributed by atoms with Crippen molar-refractivity contribution in [1.29, 1.82) is 0 Å². The lowest BCUT2D eigenvalue weighted by Crippen LogP contribution is -2.13. The average molecular weight is 388 g/mol. The summed E-state index contributed by atoms with van der Waals surface area (Å²) in [4.78, 5) is 10.8. The molecule has 3 heterocycles. The number of fused-ring (bicyclic) bond motifs is 1. The summed E-state index contributed by atoms with van der Waals surface area (Å²) in [7, 11) is 0. The monoisotopic (exact) mass is 388 g/mol. The maximum atomic E-state index is 11.2. The first-order chi connectivity index (χ1) is 13.2. The van der Waals surface area contributed by atoms with Crippen LogP contribution < -0.4 is 4.74 Å². The summed E-state index contributed by atoms with van der Waals surface area (Å²) in [6.07, 6.45) is 1.59. The zero-order chi connectivity index (χ0) is 18.8. The van der Waals surface area contributed by atoms with E-state index in [4.69, 9.17) is 13.9 Å². The van der Waals surface area contributed by atoms with Gasteiger partial charge in [-0.2, -0.15) is 0 Å². The summed E-state index contributed by atoms with van der Waals surface area (Å²) >= 11 is 1.44. The van der Waals surface area contributed by atoms with Gasteiger partial charge in [0, 0.05) is 35.6 Å². The number of aromatic nitrogens is 3. The van der Waals surface area contributed by atoms with Crippen molar-refractivity contribution in [2.45, 2.75) is 31.0 Å². The Kier molecular flexibility index (Phi) is 4.82. The molecule has 0 radical (unpaired) electrons. The molecule has 0 aliphatic carbocycles. The standard InChI is InChI=1S/C17H16N4O5S/c1-2-20-16(14-4-3-5-25-14)18-19-17(20)27-9-12-7-13(21(22)23)6-11-8-24-10-26-15(11)12/h3-7H,2,8-10H2,1H3. The van der Waals surface area contributed by atoms with Crippen molar-refractivity contribution in [3.63, 3.8) is 0 Å². The van der Waals surface area contributed by atoms with Gasteiger partial charge in [0.1, 0.15) is 5.75 Å². The highest BCUT2D eigenvalue weighted by molar-refractivity contribution is 7.98. The minimum absolute atomic E-state index is 0.0201. The summed E-state index contributed by atoms with van der Waals surface area (Å²) in [5.41, 5.74) is 1.43. The van der Waals surface area contributed by atoms with Crippen LogP contribution in [0.3, 0.4) is 0 Å². The summed E-state index contributed by atoms with van der Waals surface area (Å²) in [5, 5.41) is 20.4. The number of thioether (sulfide) groups is 1. The van der Waals surface area contributed by atoms with Crippen molar-refractivity contribution >= 4 is 17.4 Å². The zero-order valence-corrected chi connectivity index (χ0v) is 15.3. The molecule has 3 aromatic rings. The molecule has 1 aromatic carbocycles. The second-order valence-electron chi connectivity index (χ2n) is 5.78. The summed E-state index contributed by atoms with van der Waals surface area (Å²) < 4.78 is 18.2. The van der Waals surface area contributed by atoms with Gasteiger partial charge in [-0.15, -0.1) is 10.2 Å². The minimum atomic E-state index is -0.410. The molecule has 0 spiro atoms. The van der Waals surface area contributed by atoms with E-state index in [0.29, 0.717) is 47.0 Å². The molecule has 0 fully saturated rings. The van der Waals surface area contributed by atoms with Gasteiger partial charge in [-0.1, -0.05) is 11.8 Å². The Morgan fingerprint density at radius 2 is 2.26 bits per heavy atom. The molecule has 1 aliphatic heterocycles. The molecule has 0 bridgehead atoms. The number of nitro benzene ring substituents is 1. The molecule has 140 valence electrons. The second kappa shape index (κ2) is 7.41. The van der Waals surface area contributed by atoms with Crippen LogP contribution in [-0.2, 0) is 23.6 Å². The van der Waals surface area contributed by atoms with Crippen LogP contribution in [0.4, 0.5) is 5.69 Å². The Morgan fingerprint density at radius 1 is 1.37 bits per heavy atom. The minimum Gasteiger partial charge on any atom is -0.467 e. The van der Waals surface area contributed by atoms with E-state index in [1.807, 2.05) is 17.6 Å². The lowest BCUT2D eigenvalue weighted by atomic mass is 10.1.